The molecule has 1 aromatic carbocycles. The maximum Gasteiger partial charge on any atom is 0.274 e. The predicted molar refractivity (Wildman–Crippen MR) is 95.7 cm³/mol. The van der Waals surface area contributed by atoms with E-state index in [1.165, 1.54) is 0 Å². The van der Waals surface area contributed by atoms with Gasteiger partial charge >= 0.3 is 0 Å². The van der Waals surface area contributed by atoms with E-state index in [9.17, 15) is 9.90 Å². The zero-order chi connectivity index (χ0) is 17.8. The quantitative estimate of drug-likeness (QED) is 0.875. The van der Waals surface area contributed by atoms with Gasteiger partial charge in [-0.25, -0.2) is 4.98 Å². The van der Waals surface area contributed by atoms with Gasteiger partial charge in [0.1, 0.15) is 17.3 Å². The number of aliphatic hydroxyl groups is 1. The van der Waals surface area contributed by atoms with Gasteiger partial charge in [0.25, 0.3) is 5.91 Å². The monoisotopic (exact) mass is 343 g/mol. The van der Waals surface area contributed by atoms with Gasteiger partial charge in [-0.15, -0.1) is 0 Å². The molecule has 0 saturated carbocycles. The number of likely N-dealkylation sites (tertiary alicyclic amines) is 1. The highest BCUT2D eigenvalue weighted by molar-refractivity contribution is 5.94. The van der Waals surface area contributed by atoms with E-state index < -0.39 is 0 Å². The molecule has 6 nitrogen and oxygen atoms in total. The van der Waals surface area contributed by atoms with E-state index in [1.807, 2.05) is 36.1 Å². The lowest BCUT2D eigenvalue weighted by molar-refractivity contribution is 0.0568. The van der Waals surface area contributed by atoms with Crippen LogP contribution in [0.4, 0.5) is 0 Å². The molecule has 0 bridgehead atoms. The molecule has 0 spiro atoms. The summed E-state index contributed by atoms with van der Waals surface area (Å²) in [5.41, 5.74) is 2.10. The number of aromatic nitrogens is 2. The number of ether oxygens (including phenoxy) is 1. The highest BCUT2D eigenvalue weighted by Gasteiger charge is 2.29. The average Bonchev–Trinajstić information content (AvgIpc) is 3.04. The highest BCUT2D eigenvalue weighted by Crippen LogP contribution is 2.25. The van der Waals surface area contributed by atoms with Crippen molar-refractivity contribution in [1.29, 1.82) is 0 Å². The summed E-state index contributed by atoms with van der Waals surface area (Å²) in [5.74, 6) is 1.36. The summed E-state index contributed by atoms with van der Waals surface area (Å²) < 4.78 is 5.26. The number of hydrogen-bond acceptors (Lipinski definition) is 4. The smallest absolute Gasteiger partial charge is 0.274 e. The summed E-state index contributed by atoms with van der Waals surface area (Å²) in [6, 6.07) is 7.70. The molecule has 25 heavy (non-hydrogen) atoms. The zero-order valence-corrected chi connectivity index (χ0v) is 14.8. The number of carbonyl (C=O) groups excluding carboxylic acids is 1. The van der Waals surface area contributed by atoms with Crippen molar-refractivity contribution in [3.05, 3.63) is 35.7 Å². The number of hydrogen-bond donors (Lipinski definition) is 2. The fraction of sp³-hybridized carbons (Fsp3) is 0.474. The predicted octanol–water partition coefficient (Wildman–Crippen LogP) is 2.77. The van der Waals surface area contributed by atoms with Crippen molar-refractivity contribution in [3.63, 3.8) is 0 Å². The molecule has 1 saturated heterocycles. The number of amides is 1. The first-order valence-corrected chi connectivity index (χ1v) is 8.77. The van der Waals surface area contributed by atoms with E-state index in [4.69, 9.17) is 4.74 Å². The van der Waals surface area contributed by atoms with Gasteiger partial charge in [-0.2, -0.15) is 0 Å². The minimum atomic E-state index is -0.0546. The first kappa shape index (κ1) is 17.5. The van der Waals surface area contributed by atoms with Crippen LogP contribution in [-0.4, -0.2) is 52.2 Å². The molecule has 1 atom stereocenters. The van der Waals surface area contributed by atoms with Crippen LogP contribution in [0.3, 0.4) is 0 Å². The van der Waals surface area contributed by atoms with Crippen molar-refractivity contribution in [1.82, 2.24) is 14.9 Å². The molecule has 1 aliphatic rings. The number of H-pyrrole nitrogens is 1. The Balaban J connectivity index is 1.87. The minimum Gasteiger partial charge on any atom is -0.497 e. The fourth-order valence-electron chi connectivity index (χ4n) is 3.43. The summed E-state index contributed by atoms with van der Waals surface area (Å²) >= 11 is 0. The fourth-order valence-corrected chi connectivity index (χ4v) is 3.43. The third kappa shape index (κ3) is 3.69. The molecule has 1 aromatic heterocycles. The maximum absolute atomic E-state index is 13.0. The van der Waals surface area contributed by atoms with E-state index >= 15 is 0 Å². The van der Waals surface area contributed by atoms with E-state index in [1.54, 1.807) is 7.11 Å². The van der Waals surface area contributed by atoms with Crippen LogP contribution in [0.2, 0.25) is 0 Å². The molecular weight excluding hydrogens is 318 g/mol. The van der Waals surface area contributed by atoms with Crippen molar-refractivity contribution in [3.8, 4) is 17.1 Å². The number of aromatic amines is 1. The van der Waals surface area contributed by atoms with Gasteiger partial charge < -0.3 is 19.7 Å². The van der Waals surface area contributed by atoms with Crippen LogP contribution < -0.4 is 4.74 Å². The molecule has 0 aliphatic carbocycles. The Kier molecular flexibility index (Phi) is 5.38. The van der Waals surface area contributed by atoms with Gasteiger partial charge in [0.2, 0.25) is 0 Å². The molecule has 0 radical (unpaired) electrons. The zero-order valence-electron chi connectivity index (χ0n) is 14.8. The Morgan fingerprint density at radius 1 is 1.44 bits per heavy atom. The molecule has 1 fully saturated rings. The number of benzene rings is 1. The lowest BCUT2D eigenvalue weighted by Crippen LogP contribution is -2.44. The van der Waals surface area contributed by atoms with E-state index in [-0.39, 0.29) is 18.6 Å². The molecule has 2 heterocycles. The largest absolute Gasteiger partial charge is 0.497 e. The normalized spacial score (nSPS) is 17.6. The molecular formula is C19H25N3O3. The molecule has 2 N–H and O–H groups in total. The number of rotatable bonds is 5. The molecule has 6 heteroatoms. The number of imidazole rings is 1. The molecule has 1 aliphatic heterocycles. The molecule has 3 rings (SSSR count). The van der Waals surface area contributed by atoms with Crippen LogP contribution in [0.25, 0.3) is 11.4 Å². The van der Waals surface area contributed by atoms with Crippen LogP contribution >= 0.6 is 0 Å². The van der Waals surface area contributed by atoms with Gasteiger partial charge in [0.15, 0.2) is 0 Å². The second kappa shape index (κ2) is 7.70. The lowest BCUT2D eigenvalue weighted by atomic mass is 9.99. The third-order valence-electron chi connectivity index (χ3n) is 4.78. The SMILES string of the molecule is COc1cccc(-c2nc(C(=O)N3CCCCC3CCO)c(C)[nH]2)c1. The molecule has 134 valence electrons. The summed E-state index contributed by atoms with van der Waals surface area (Å²) in [5, 5.41) is 9.27. The number of carbonyl (C=O) groups is 1. The van der Waals surface area contributed by atoms with Crippen molar-refractivity contribution in [2.24, 2.45) is 0 Å². The number of aliphatic hydroxyl groups excluding tert-OH is 1. The summed E-state index contributed by atoms with van der Waals surface area (Å²) in [6.07, 6.45) is 3.67. The summed E-state index contributed by atoms with van der Waals surface area (Å²) in [4.78, 5) is 22.7. The van der Waals surface area contributed by atoms with Crippen LogP contribution in [-0.2, 0) is 0 Å². The first-order valence-electron chi connectivity index (χ1n) is 8.77. The van der Waals surface area contributed by atoms with Crippen molar-refractivity contribution in [2.75, 3.05) is 20.3 Å². The number of piperidine rings is 1. The minimum absolute atomic E-state index is 0.0546. The standard InChI is InChI=1S/C19H25N3O3/c1-13-17(19(24)22-10-4-3-7-15(22)9-11-23)21-18(20-13)14-6-5-8-16(12-14)25-2/h5-6,8,12,15,23H,3-4,7,9-11H2,1-2H3,(H,20,21). The number of nitrogens with zero attached hydrogens (tertiary/aromatic N) is 2. The Morgan fingerprint density at radius 3 is 3.04 bits per heavy atom. The number of aryl methyl sites for hydroxylation is 1. The van der Waals surface area contributed by atoms with Crippen LogP contribution in [0.15, 0.2) is 24.3 Å². The van der Waals surface area contributed by atoms with Gasteiger partial charge in [-0.3, -0.25) is 4.79 Å². The van der Waals surface area contributed by atoms with E-state index in [2.05, 4.69) is 9.97 Å². The average molecular weight is 343 g/mol. The summed E-state index contributed by atoms with van der Waals surface area (Å²) in [6.45, 7) is 2.70. The van der Waals surface area contributed by atoms with Gasteiger partial charge in [0.05, 0.1) is 7.11 Å². The van der Waals surface area contributed by atoms with Crippen LogP contribution in [0.1, 0.15) is 41.9 Å². The van der Waals surface area contributed by atoms with Crippen molar-refractivity contribution in [2.45, 2.75) is 38.6 Å². The Hall–Kier alpha value is -2.34. The number of nitrogens with one attached hydrogen (secondary N) is 1. The van der Waals surface area contributed by atoms with Crippen molar-refractivity contribution < 1.29 is 14.6 Å². The topological polar surface area (TPSA) is 78.4 Å². The molecule has 1 unspecified atom stereocenters. The van der Waals surface area contributed by atoms with Crippen LogP contribution in [0, 0.1) is 6.92 Å². The Bertz CT molecular complexity index is 739. The second-order valence-electron chi connectivity index (χ2n) is 6.45. The van der Waals surface area contributed by atoms with Gasteiger partial charge in [-0.05, 0) is 44.7 Å². The highest BCUT2D eigenvalue weighted by atomic mass is 16.5. The third-order valence-corrected chi connectivity index (χ3v) is 4.78. The molecule has 2 aromatic rings. The van der Waals surface area contributed by atoms with Crippen LogP contribution in [0.5, 0.6) is 5.75 Å². The van der Waals surface area contributed by atoms with E-state index in [0.29, 0.717) is 17.9 Å². The first-order chi connectivity index (χ1) is 12.1. The van der Waals surface area contributed by atoms with Gasteiger partial charge in [-0.1, -0.05) is 12.1 Å². The maximum atomic E-state index is 13.0. The summed E-state index contributed by atoms with van der Waals surface area (Å²) in [7, 11) is 1.62. The lowest BCUT2D eigenvalue weighted by Gasteiger charge is -2.35. The Morgan fingerprint density at radius 2 is 2.28 bits per heavy atom. The van der Waals surface area contributed by atoms with E-state index in [0.717, 1.165) is 42.8 Å². The van der Waals surface area contributed by atoms with Gasteiger partial charge in [0, 0.05) is 30.5 Å². The Labute approximate surface area is 147 Å². The second-order valence-corrected chi connectivity index (χ2v) is 6.45. The molecule has 1 amide bonds. The van der Waals surface area contributed by atoms with Crippen molar-refractivity contribution >= 4 is 5.91 Å². The number of methoxy groups -OCH3 is 1.